The SMILES string of the molecule is COc1cccc(Cc2nnc([C@H]3NC(C)(C)SC34CCSCC4)o2)c1. The quantitative estimate of drug-likeness (QED) is 0.844. The monoisotopic (exact) mass is 391 g/mol. The lowest BCUT2D eigenvalue weighted by molar-refractivity contribution is 0.311. The number of rotatable bonds is 4. The molecule has 0 amide bonds. The molecule has 0 radical (unpaired) electrons. The first kappa shape index (κ1) is 18.2. The maximum Gasteiger partial charge on any atom is 0.234 e. The molecule has 5 nitrogen and oxygen atoms in total. The molecule has 0 bridgehead atoms. The molecular weight excluding hydrogens is 366 g/mol. The van der Waals surface area contributed by atoms with E-state index in [0.29, 0.717) is 12.3 Å². The third-order valence-electron chi connectivity index (χ3n) is 5.03. The Bertz CT molecular complexity index is 772. The minimum Gasteiger partial charge on any atom is -0.497 e. The summed E-state index contributed by atoms with van der Waals surface area (Å²) in [5.41, 5.74) is 1.11. The van der Waals surface area contributed by atoms with Gasteiger partial charge in [-0.05, 0) is 55.9 Å². The zero-order valence-corrected chi connectivity index (χ0v) is 17.1. The van der Waals surface area contributed by atoms with Crippen molar-refractivity contribution in [3.8, 4) is 5.75 Å². The number of nitrogens with zero attached hydrogens (tertiary/aromatic N) is 2. The summed E-state index contributed by atoms with van der Waals surface area (Å²) in [4.78, 5) is 0.0219. The molecule has 1 spiro atoms. The van der Waals surface area contributed by atoms with Gasteiger partial charge in [0.1, 0.15) is 11.8 Å². The second kappa shape index (κ2) is 7.09. The zero-order chi connectivity index (χ0) is 18.2. The van der Waals surface area contributed by atoms with Gasteiger partial charge in [0.15, 0.2) is 0 Å². The number of benzene rings is 1. The minimum atomic E-state index is 0.0219. The molecule has 26 heavy (non-hydrogen) atoms. The van der Waals surface area contributed by atoms with Crippen molar-refractivity contribution in [2.75, 3.05) is 18.6 Å². The lowest BCUT2D eigenvalue weighted by Crippen LogP contribution is -2.38. The summed E-state index contributed by atoms with van der Waals surface area (Å²) in [6.07, 6.45) is 2.98. The first-order chi connectivity index (χ1) is 12.5. The van der Waals surface area contributed by atoms with E-state index in [1.807, 2.05) is 41.7 Å². The molecule has 2 aromatic rings. The van der Waals surface area contributed by atoms with Crippen molar-refractivity contribution in [3.63, 3.8) is 0 Å². The fourth-order valence-corrected chi connectivity index (χ4v) is 7.24. The van der Waals surface area contributed by atoms with Gasteiger partial charge in [-0.25, -0.2) is 0 Å². The molecule has 2 aliphatic heterocycles. The smallest absolute Gasteiger partial charge is 0.234 e. The molecule has 7 heteroatoms. The summed E-state index contributed by atoms with van der Waals surface area (Å²) in [6.45, 7) is 4.49. The number of aromatic nitrogens is 2. The van der Waals surface area contributed by atoms with E-state index in [0.717, 1.165) is 17.2 Å². The van der Waals surface area contributed by atoms with Crippen LogP contribution in [0.1, 0.15) is 50.1 Å². The number of hydrogen-bond acceptors (Lipinski definition) is 7. The highest BCUT2D eigenvalue weighted by atomic mass is 32.2. The van der Waals surface area contributed by atoms with Gasteiger partial charge >= 0.3 is 0 Å². The molecule has 140 valence electrons. The standard InChI is InChI=1S/C19H25N3O2S2/c1-18(2)20-16(19(26-18)7-9-25-10-8-19)17-22-21-15(24-17)12-13-5-4-6-14(11-13)23-3/h4-6,11,16,20H,7-10,12H2,1-3H3/t16-/m1/s1. The average Bonchev–Trinajstić information content (AvgIpc) is 3.17. The molecule has 0 saturated carbocycles. The summed E-state index contributed by atoms with van der Waals surface area (Å²) in [6, 6.07) is 8.11. The molecule has 0 aliphatic carbocycles. The highest BCUT2D eigenvalue weighted by Crippen LogP contribution is 2.56. The van der Waals surface area contributed by atoms with E-state index in [1.54, 1.807) is 7.11 Å². The van der Waals surface area contributed by atoms with Crippen LogP contribution >= 0.6 is 23.5 Å². The molecule has 2 fully saturated rings. The Morgan fingerprint density at radius 2 is 2.08 bits per heavy atom. The third kappa shape index (κ3) is 3.62. The molecule has 1 N–H and O–H groups in total. The third-order valence-corrected chi connectivity index (χ3v) is 7.70. The number of hydrogen-bond donors (Lipinski definition) is 1. The normalized spacial score (nSPS) is 24.0. The highest BCUT2D eigenvalue weighted by molar-refractivity contribution is 8.02. The van der Waals surface area contributed by atoms with Gasteiger partial charge in [0.2, 0.25) is 11.8 Å². The van der Waals surface area contributed by atoms with Crippen LogP contribution in [0.25, 0.3) is 0 Å². The van der Waals surface area contributed by atoms with E-state index in [-0.39, 0.29) is 15.7 Å². The van der Waals surface area contributed by atoms with Crippen molar-refractivity contribution in [2.24, 2.45) is 0 Å². The Hall–Kier alpha value is -1.18. The topological polar surface area (TPSA) is 60.2 Å². The van der Waals surface area contributed by atoms with Gasteiger partial charge in [-0.1, -0.05) is 12.1 Å². The van der Waals surface area contributed by atoms with Crippen molar-refractivity contribution in [1.82, 2.24) is 15.5 Å². The highest BCUT2D eigenvalue weighted by Gasteiger charge is 2.54. The lowest BCUT2D eigenvalue weighted by atomic mass is 9.92. The van der Waals surface area contributed by atoms with Crippen molar-refractivity contribution in [1.29, 1.82) is 0 Å². The van der Waals surface area contributed by atoms with Gasteiger partial charge in [-0.3, -0.25) is 5.32 Å². The fraction of sp³-hybridized carbons (Fsp3) is 0.579. The van der Waals surface area contributed by atoms with E-state index >= 15 is 0 Å². The van der Waals surface area contributed by atoms with Crippen molar-refractivity contribution < 1.29 is 9.15 Å². The van der Waals surface area contributed by atoms with Gasteiger partial charge in [0, 0.05) is 4.75 Å². The minimum absolute atomic E-state index is 0.0219. The van der Waals surface area contributed by atoms with Crippen LogP contribution in [-0.4, -0.2) is 38.4 Å². The Balaban J connectivity index is 1.56. The van der Waals surface area contributed by atoms with Gasteiger partial charge < -0.3 is 9.15 Å². The molecule has 3 heterocycles. The number of methoxy groups -OCH3 is 1. The molecule has 4 rings (SSSR count). The predicted octanol–water partition coefficient (Wildman–Crippen LogP) is 4.05. The van der Waals surface area contributed by atoms with Gasteiger partial charge in [-0.15, -0.1) is 22.0 Å². The number of nitrogens with one attached hydrogen (secondary N) is 1. The Morgan fingerprint density at radius 1 is 1.27 bits per heavy atom. The molecule has 2 aliphatic rings. The van der Waals surface area contributed by atoms with E-state index in [2.05, 4.69) is 35.4 Å². The lowest BCUT2D eigenvalue weighted by Gasteiger charge is -2.35. The molecule has 1 aromatic heterocycles. The van der Waals surface area contributed by atoms with E-state index in [1.165, 1.54) is 24.3 Å². The maximum absolute atomic E-state index is 6.12. The summed E-state index contributed by atoms with van der Waals surface area (Å²) < 4.78 is 11.6. The number of ether oxygens (including phenoxy) is 1. The van der Waals surface area contributed by atoms with Crippen LogP contribution in [0.3, 0.4) is 0 Å². The van der Waals surface area contributed by atoms with Crippen LogP contribution < -0.4 is 10.1 Å². The van der Waals surface area contributed by atoms with Gasteiger partial charge in [0.25, 0.3) is 0 Å². The van der Waals surface area contributed by atoms with Gasteiger partial charge in [-0.2, -0.15) is 11.8 Å². The first-order valence-electron chi connectivity index (χ1n) is 9.01. The van der Waals surface area contributed by atoms with Crippen LogP contribution in [0.15, 0.2) is 28.7 Å². The molecule has 0 unspecified atom stereocenters. The van der Waals surface area contributed by atoms with Crippen LogP contribution in [0.4, 0.5) is 0 Å². The second-order valence-corrected chi connectivity index (χ2v) is 10.7. The summed E-state index contributed by atoms with van der Waals surface area (Å²) in [7, 11) is 1.68. The first-order valence-corrected chi connectivity index (χ1v) is 11.0. The van der Waals surface area contributed by atoms with E-state index in [9.17, 15) is 0 Å². The van der Waals surface area contributed by atoms with E-state index in [4.69, 9.17) is 9.15 Å². The predicted molar refractivity (Wildman–Crippen MR) is 107 cm³/mol. The molecule has 2 saturated heterocycles. The average molecular weight is 392 g/mol. The molecular formula is C19H25N3O2S2. The maximum atomic E-state index is 6.12. The van der Waals surface area contributed by atoms with Crippen molar-refractivity contribution >= 4 is 23.5 Å². The second-order valence-electron chi connectivity index (χ2n) is 7.43. The Labute approximate surface area is 163 Å². The van der Waals surface area contributed by atoms with Crippen LogP contribution in [0.2, 0.25) is 0 Å². The Morgan fingerprint density at radius 3 is 2.85 bits per heavy atom. The summed E-state index contributed by atoms with van der Waals surface area (Å²) in [5, 5.41) is 12.5. The van der Waals surface area contributed by atoms with Crippen molar-refractivity contribution in [2.45, 2.75) is 48.8 Å². The summed E-state index contributed by atoms with van der Waals surface area (Å²) >= 11 is 4.09. The van der Waals surface area contributed by atoms with Gasteiger partial charge in [0.05, 0.1) is 18.4 Å². The largest absolute Gasteiger partial charge is 0.497 e. The van der Waals surface area contributed by atoms with Crippen LogP contribution in [0.5, 0.6) is 5.75 Å². The van der Waals surface area contributed by atoms with Crippen molar-refractivity contribution in [3.05, 3.63) is 41.6 Å². The molecule has 1 atom stereocenters. The van der Waals surface area contributed by atoms with E-state index < -0.39 is 0 Å². The zero-order valence-electron chi connectivity index (χ0n) is 15.4. The molecule has 1 aromatic carbocycles. The van der Waals surface area contributed by atoms with Crippen LogP contribution in [-0.2, 0) is 6.42 Å². The fourth-order valence-electron chi connectivity index (χ4n) is 3.88. The Kier molecular flexibility index (Phi) is 4.96. The van der Waals surface area contributed by atoms with Crippen LogP contribution in [0, 0.1) is 0 Å². The summed E-state index contributed by atoms with van der Waals surface area (Å²) in [5.74, 6) is 4.63. The number of thioether (sulfide) groups is 2.